The first-order valence-electron chi connectivity index (χ1n) is 10.6. The van der Waals surface area contributed by atoms with Crippen LogP contribution in [0.3, 0.4) is 0 Å². The van der Waals surface area contributed by atoms with Gasteiger partial charge in [0.1, 0.15) is 0 Å². The zero-order chi connectivity index (χ0) is 20.9. The van der Waals surface area contributed by atoms with Gasteiger partial charge in [-0.15, -0.1) is 11.3 Å². The van der Waals surface area contributed by atoms with Crippen LogP contribution in [-0.2, 0) is 4.79 Å². The fourth-order valence-electron chi connectivity index (χ4n) is 4.25. The molecule has 3 heterocycles. The fourth-order valence-corrected chi connectivity index (χ4v) is 5.15. The second kappa shape index (κ2) is 9.53. The Labute approximate surface area is 180 Å². The van der Waals surface area contributed by atoms with Crippen LogP contribution in [0.2, 0.25) is 0 Å². The molecule has 30 heavy (non-hydrogen) atoms. The molecule has 1 saturated heterocycles. The average molecular weight is 426 g/mol. The number of amides is 3. The van der Waals surface area contributed by atoms with Crippen LogP contribution in [0.15, 0.2) is 41.8 Å². The SMILES string of the molecule is O=C(CCCN1C(=O)c2ccccc2C1=O)NCCN1CCC(c2cccs2)CC1. The molecule has 1 aromatic heterocycles. The number of hydrogen-bond donors (Lipinski definition) is 1. The standard InChI is InChI=1S/C23H27N3O3S/c27-21(8-3-12-26-22(28)18-5-1-2-6-19(18)23(26)29)24-11-15-25-13-9-17(10-14-25)20-7-4-16-30-20/h1-2,4-7,16-17H,3,8-15H2,(H,24,27). The van der Waals surface area contributed by atoms with Crippen LogP contribution in [0.25, 0.3) is 0 Å². The van der Waals surface area contributed by atoms with Gasteiger partial charge in [-0.2, -0.15) is 0 Å². The summed E-state index contributed by atoms with van der Waals surface area (Å²) in [6.45, 7) is 3.91. The van der Waals surface area contributed by atoms with E-state index in [1.54, 1.807) is 24.3 Å². The van der Waals surface area contributed by atoms with Gasteiger partial charge in [0.25, 0.3) is 11.8 Å². The quantitative estimate of drug-likeness (QED) is 0.660. The summed E-state index contributed by atoms with van der Waals surface area (Å²) in [5, 5.41) is 5.11. The van der Waals surface area contributed by atoms with E-state index in [0.717, 1.165) is 19.6 Å². The number of benzene rings is 1. The molecule has 7 heteroatoms. The van der Waals surface area contributed by atoms with Crippen molar-refractivity contribution in [1.82, 2.24) is 15.1 Å². The van der Waals surface area contributed by atoms with E-state index in [4.69, 9.17) is 0 Å². The van der Waals surface area contributed by atoms with Crippen molar-refractivity contribution in [3.63, 3.8) is 0 Å². The Kier molecular flexibility index (Phi) is 6.59. The van der Waals surface area contributed by atoms with Crippen LogP contribution in [-0.4, -0.2) is 60.2 Å². The number of nitrogens with one attached hydrogen (secondary N) is 1. The Hall–Kier alpha value is -2.51. The van der Waals surface area contributed by atoms with Gasteiger partial charge >= 0.3 is 0 Å². The molecular formula is C23H27N3O3S. The molecule has 0 radical (unpaired) electrons. The van der Waals surface area contributed by atoms with Gasteiger partial charge in [-0.25, -0.2) is 0 Å². The normalized spacial score (nSPS) is 17.4. The summed E-state index contributed by atoms with van der Waals surface area (Å²) >= 11 is 1.84. The second-order valence-electron chi connectivity index (χ2n) is 7.89. The summed E-state index contributed by atoms with van der Waals surface area (Å²) < 4.78 is 0. The van der Waals surface area contributed by atoms with Crippen molar-refractivity contribution in [2.24, 2.45) is 0 Å². The summed E-state index contributed by atoms with van der Waals surface area (Å²) in [4.78, 5) is 41.9. The van der Waals surface area contributed by atoms with E-state index in [-0.39, 0.29) is 24.3 Å². The molecule has 0 bridgehead atoms. The van der Waals surface area contributed by atoms with Crippen molar-refractivity contribution in [1.29, 1.82) is 0 Å². The Morgan fingerprint density at radius 2 is 1.70 bits per heavy atom. The molecule has 0 atom stereocenters. The van der Waals surface area contributed by atoms with E-state index >= 15 is 0 Å². The lowest BCUT2D eigenvalue weighted by atomic mass is 9.95. The van der Waals surface area contributed by atoms with E-state index in [1.165, 1.54) is 22.6 Å². The van der Waals surface area contributed by atoms with E-state index in [1.807, 2.05) is 11.3 Å². The highest BCUT2D eigenvalue weighted by Crippen LogP contribution is 2.30. The number of rotatable bonds is 8. The monoisotopic (exact) mass is 425 g/mol. The predicted octanol–water partition coefficient (Wildman–Crippen LogP) is 3.12. The van der Waals surface area contributed by atoms with Gasteiger partial charge in [-0.3, -0.25) is 19.3 Å². The van der Waals surface area contributed by atoms with Gasteiger partial charge < -0.3 is 10.2 Å². The van der Waals surface area contributed by atoms with Gasteiger partial charge in [0.2, 0.25) is 5.91 Å². The van der Waals surface area contributed by atoms with Crippen LogP contribution < -0.4 is 5.32 Å². The molecule has 2 aromatic rings. The second-order valence-corrected chi connectivity index (χ2v) is 8.87. The minimum absolute atomic E-state index is 0.0277. The van der Waals surface area contributed by atoms with Crippen molar-refractivity contribution in [3.05, 3.63) is 57.8 Å². The molecule has 2 aliphatic rings. The third-order valence-corrected chi connectivity index (χ3v) is 6.98. The van der Waals surface area contributed by atoms with Crippen molar-refractivity contribution >= 4 is 29.1 Å². The zero-order valence-corrected chi connectivity index (χ0v) is 17.8. The summed E-state index contributed by atoms with van der Waals surface area (Å²) in [6, 6.07) is 11.2. The van der Waals surface area contributed by atoms with E-state index in [0.29, 0.717) is 36.4 Å². The molecule has 3 amide bonds. The van der Waals surface area contributed by atoms with Crippen LogP contribution in [0.4, 0.5) is 0 Å². The molecule has 0 spiro atoms. The van der Waals surface area contributed by atoms with Crippen molar-refractivity contribution in [3.8, 4) is 0 Å². The highest BCUT2D eigenvalue weighted by molar-refractivity contribution is 7.10. The molecule has 1 aromatic carbocycles. The summed E-state index contributed by atoms with van der Waals surface area (Å²) in [6.07, 6.45) is 3.14. The minimum atomic E-state index is -0.262. The highest BCUT2D eigenvalue weighted by atomic mass is 32.1. The number of carbonyl (C=O) groups excluding carboxylic acids is 3. The maximum Gasteiger partial charge on any atom is 0.261 e. The Morgan fingerprint density at radius 1 is 1.00 bits per heavy atom. The number of nitrogens with zero attached hydrogens (tertiary/aromatic N) is 2. The van der Waals surface area contributed by atoms with Crippen molar-refractivity contribution in [2.45, 2.75) is 31.6 Å². The molecule has 1 N–H and O–H groups in total. The number of hydrogen-bond acceptors (Lipinski definition) is 5. The molecular weight excluding hydrogens is 398 g/mol. The zero-order valence-electron chi connectivity index (χ0n) is 17.0. The lowest BCUT2D eigenvalue weighted by Gasteiger charge is -2.31. The van der Waals surface area contributed by atoms with Crippen molar-refractivity contribution < 1.29 is 14.4 Å². The number of imide groups is 1. The number of carbonyl (C=O) groups is 3. The third-order valence-electron chi connectivity index (χ3n) is 5.95. The van der Waals surface area contributed by atoms with E-state index in [2.05, 4.69) is 27.7 Å². The van der Waals surface area contributed by atoms with Gasteiger partial charge in [-0.05, 0) is 61.8 Å². The lowest BCUT2D eigenvalue weighted by molar-refractivity contribution is -0.121. The van der Waals surface area contributed by atoms with Crippen LogP contribution in [0, 0.1) is 0 Å². The molecule has 4 rings (SSSR count). The Morgan fingerprint density at radius 3 is 2.33 bits per heavy atom. The number of fused-ring (bicyclic) bond motifs is 1. The van der Waals surface area contributed by atoms with Crippen LogP contribution in [0.1, 0.15) is 57.2 Å². The molecule has 6 nitrogen and oxygen atoms in total. The molecule has 158 valence electrons. The first-order chi connectivity index (χ1) is 14.6. The Balaban J connectivity index is 1.11. The summed E-state index contributed by atoms with van der Waals surface area (Å²) in [5.41, 5.74) is 0.907. The smallest absolute Gasteiger partial charge is 0.261 e. The minimum Gasteiger partial charge on any atom is -0.355 e. The third kappa shape index (κ3) is 4.63. The largest absolute Gasteiger partial charge is 0.355 e. The first-order valence-corrected chi connectivity index (χ1v) is 11.5. The van der Waals surface area contributed by atoms with Crippen molar-refractivity contribution in [2.75, 3.05) is 32.7 Å². The molecule has 0 unspecified atom stereocenters. The molecule has 1 fully saturated rings. The van der Waals surface area contributed by atoms with Crippen LogP contribution >= 0.6 is 11.3 Å². The number of likely N-dealkylation sites (tertiary alicyclic amines) is 1. The van der Waals surface area contributed by atoms with E-state index in [9.17, 15) is 14.4 Å². The molecule has 0 aliphatic carbocycles. The molecule has 2 aliphatic heterocycles. The summed E-state index contributed by atoms with van der Waals surface area (Å²) in [5.74, 6) is 0.127. The maximum absolute atomic E-state index is 12.3. The summed E-state index contributed by atoms with van der Waals surface area (Å²) in [7, 11) is 0. The van der Waals surface area contributed by atoms with Gasteiger partial charge in [0.15, 0.2) is 0 Å². The van der Waals surface area contributed by atoms with E-state index < -0.39 is 0 Å². The Bertz CT molecular complexity index is 869. The predicted molar refractivity (Wildman–Crippen MR) is 117 cm³/mol. The van der Waals surface area contributed by atoms with Crippen LogP contribution in [0.5, 0.6) is 0 Å². The van der Waals surface area contributed by atoms with Gasteiger partial charge in [-0.1, -0.05) is 18.2 Å². The number of thiophene rings is 1. The number of piperidine rings is 1. The lowest BCUT2D eigenvalue weighted by Crippen LogP contribution is -2.39. The fraction of sp³-hybridized carbons (Fsp3) is 0.435. The van der Waals surface area contributed by atoms with Gasteiger partial charge in [0, 0.05) is 30.9 Å². The van der Waals surface area contributed by atoms with Gasteiger partial charge in [0.05, 0.1) is 11.1 Å². The maximum atomic E-state index is 12.3. The highest BCUT2D eigenvalue weighted by Gasteiger charge is 2.34. The first kappa shape index (κ1) is 20.8. The topological polar surface area (TPSA) is 69.7 Å². The molecule has 0 saturated carbocycles. The average Bonchev–Trinajstić information content (AvgIpc) is 3.38.